The minimum Gasteiger partial charge on any atom is -0.497 e. The van der Waals surface area contributed by atoms with Crippen molar-refractivity contribution in [1.82, 2.24) is 0 Å². The van der Waals surface area contributed by atoms with Crippen molar-refractivity contribution < 1.29 is 23.8 Å². The smallest absolute Gasteiger partial charge is 0.326 e. The van der Waals surface area contributed by atoms with E-state index in [0.29, 0.717) is 11.4 Å². The lowest BCUT2D eigenvalue weighted by Crippen LogP contribution is -2.57. The highest BCUT2D eigenvalue weighted by molar-refractivity contribution is 6.10. The first-order chi connectivity index (χ1) is 9.12. The predicted molar refractivity (Wildman–Crippen MR) is 66.9 cm³/mol. The number of hydrogen-bond donors (Lipinski definition) is 1. The van der Waals surface area contributed by atoms with Crippen LogP contribution in [0.5, 0.6) is 5.75 Å². The first-order valence-corrected chi connectivity index (χ1v) is 5.74. The molecule has 1 aromatic carbocycles. The molecule has 1 aliphatic heterocycles. The second-order valence-electron chi connectivity index (χ2n) is 4.25. The molecule has 19 heavy (non-hydrogen) atoms. The molecule has 0 bridgehead atoms. The zero-order valence-corrected chi connectivity index (χ0v) is 10.8. The summed E-state index contributed by atoms with van der Waals surface area (Å²) in [6, 6.07) is 6.89. The molecule has 0 atom stereocenters. The number of anilines is 1. The van der Waals surface area contributed by atoms with Crippen molar-refractivity contribution in [3.8, 4) is 5.75 Å². The Kier molecular flexibility index (Phi) is 3.71. The molecule has 6 heteroatoms. The fourth-order valence-electron chi connectivity index (χ4n) is 1.79. The molecule has 6 nitrogen and oxygen atoms in total. The number of carbonyl (C=O) groups is 2. The zero-order valence-electron chi connectivity index (χ0n) is 10.8. The van der Waals surface area contributed by atoms with E-state index in [4.69, 9.17) is 9.47 Å². The van der Waals surface area contributed by atoms with Crippen molar-refractivity contribution in [3.05, 3.63) is 24.3 Å². The van der Waals surface area contributed by atoms with Gasteiger partial charge in [0, 0.05) is 11.8 Å². The van der Waals surface area contributed by atoms with E-state index in [1.807, 2.05) is 0 Å². The largest absolute Gasteiger partial charge is 0.497 e. The maximum Gasteiger partial charge on any atom is 0.326 e. The van der Waals surface area contributed by atoms with Gasteiger partial charge in [0.15, 0.2) is 5.41 Å². The number of amides is 1. The Balaban J connectivity index is 2.13. The van der Waals surface area contributed by atoms with Gasteiger partial charge in [0.05, 0.1) is 27.4 Å². The van der Waals surface area contributed by atoms with E-state index in [2.05, 4.69) is 10.1 Å². The number of ether oxygens (including phenoxy) is 3. The van der Waals surface area contributed by atoms with Gasteiger partial charge in [-0.3, -0.25) is 9.59 Å². The normalized spacial score (nSPS) is 16.1. The Bertz CT molecular complexity index is 496. The van der Waals surface area contributed by atoms with Crippen molar-refractivity contribution in [2.45, 2.75) is 0 Å². The molecule has 1 N–H and O–H groups in total. The number of hydrogen-bond acceptors (Lipinski definition) is 5. The summed E-state index contributed by atoms with van der Waals surface area (Å²) in [4.78, 5) is 23.9. The van der Waals surface area contributed by atoms with Crippen LogP contribution in [0.4, 0.5) is 5.69 Å². The van der Waals surface area contributed by atoms with Gasteiger partial charge in [0.2, 0.25) is 5.91 Å². The maximum atomic E-state index is 12.2. The van der Waals surface area contributed by atoms with Gasteiger partial charge in [-0.2, -0.15) is 0 Å². The number of carbonyl (C=O) groups excluding carboxylic acids is 2. The van der Waals surface area contributed by atoms with E-state index in [-0.39, 0.29) is 13.2 Å². The van der Waals surface area contributed by atoms with Crippen LogP contribution < -0.4 is 10.1 Å². The zero-order chi connectivity index (χ0) is 13.9. The number of esters is 1. The van der Waals surface area contributed by atoms with Crippen molar-refractivity contribution in [2.24, 2.45) is 5.41 Å². The minimum atomic E-state index is -1.24. The molecular formula is C13H15NO5. The minimum absolute atomic E-state index is 0.0372. The lowest BCUT2D eigenvalue weighted by molar-refractivity contribution is -0.185. The summed E-state index contributed by atoms with van der Waals surface area (Å²) in [5, 5.41) is 2.67. The van der Waals surface area contributed by atoms with Gasteiger partial charge in [-0.15, -0.1) is 0 Å². The monoisotopic (exact) mass is 265 g/mol. The number of benzene rings is 1. The third kappa shape index (κ3) is 2.39. The number of nitrogens with one attached hydrogen (secondary N) is 1. The molecule has 1 amide bonds. The highest BCUT2D eigenvalue weighted by Gasteiger charge is 2.54. The highest BCUT2D eigenvalue weighted by atomic mass is 16.5. The summed E-state index contributed by atoms with van der Waals surface area (Å²) in [5.74, 6) is -0.396. The molecular weight excluding hydrogens is 250 g/mol. The lowest BCUT2D eigenvalue weighted by Gasteiger charge is -2.36. The second kappa shape index (κ2) is 5.27. The molecule has 0 aromatic heterocycles. The molecule has 102 valence electrons. The van der Waals surface area contributed by atoms with Crippen LogP contribution in [-0.2, 0) is 19.1 Å². The Morgan fingerprint density at radius 1 is 1.32 bits per heavy atom. The average molecular weight is 265 g/mol. The van der Waals surface area contributed by atoms with E-state index in [9.17, 15) is 9.59 Å². The highest BCUT2D eigenvalue weighted by Crippen LogP contribution is 2.31. The fraction of sp³-hybridized carbons (Fsp3) is 0.385. The summed E-state index contributed by atoms with van der Waals surface area (Å²) in [6.45, 7) is 0.0744. The Labute approximate surface area is 110 Å². The maximum absolute atomic E-state index is 12.2. The van der Waals surface area contributed by atoms with Crippen molar-refractivity contribution in [1.29, 1.82) is 0 Å². The summed E-state index contributed by atoms with van der Waals surface area (Å²) in [6.07, 6.45) is 0. The molecule has 0 unspecified atom stereocenters. The summed E-state index contributed by atoms with van der Waals surface area (Å²) in [5.41, 5.74) is -0.683. The molecule has 0 spiro atoms. The summed E-state index contributed by atoms with van der Waals surface area (Å²) in [7, 11) is 2.79. The Morgan fingerprint density at radius 3 is 2.58 bits per heavy atom. The second-order valence-corrected chi connectivity index (χ2v) is 4.25. The average Bonchev–Trinajstić information content (AvgIpc) is 2.37. The fourth-order valence-corrected chi connectivity index (χ4v) is 1.79. The van der Waals surface area contributed by atoms with Crippen LogP contribution in [0.2, 0.25) is 0 Å². The Hall–Kier alpha value is -2.08. The van der Waals surface area contributed by atoms with Crippen molar-refractivity contribution in [3.63, 3.8) is 0 Å². The Morgan fingerprint density at radius 2 is 2.05 bits per heavy atom. The topological polar surface area (TPSA) is 73.9 Å². The molecule has 1 fully saturated rings. The van der Waals surface area contributed by atoms with Crippen LogP contribution in [0.15, 0.2) is 24.3 Å². The van der Waals surface area contributed by atoms with Crippen molar-refractivity contribution >= 4 is 17.6 Å². The molecule has 1 saturated heterocycles. The number of rotatable bonds is 4. The van der Waals surface area contributed by atoms with Crippen LogP contribution in [0.25, 0.3) is 0 Å². The van der Waals surface area contributed by atoms with Gasteiger partial charge < -0.3 is 19.5 Å². The molecule has 1 aliphatic rings. The van der Waals surface area contributed by atoms with Crippen LogP contribution in [0.3, 0.4) is 0 Å². The van der Waals surface area contributed by atoms with Crippen LogP contribution in [0, 0.1) is 5.41 Å². The van der Waals surface area contributed by atoms with Gasteiger partial charge in [0.1, 0.15) is 5.75 Å². The standard InChI is InChI=1S/C13H15NO5/c1-17-10-5-3-4-9(6-10)14-11(15)13(7-19-8-13)12(16)18-2/h3-6H,7-8H2,1-2H3,(H,14,15). The third-order valence-electron chi connectivity index (χ3n) is 3.04. The van der Waals surface area contributed by atoms with E-state index in [0.717, 1.165) is 0 Å². The van der Waals surface area contributed by atoms with Crippen LogP contribution in [0.1, 0.15) is 0 Å². The van der Waals surface area contributed by atoms with E-state index < -0.39 is 17.3 Å². The third-order valence-corrected chi connectivity index (χ3v) is 3.04. The quantitative estimate of drug-likeness (QED) is 0.644. The van der Waals surface area contributed by atoms with E-state index >= 15 is 0 Å². The first-order valence-electron chi connectivity index (χ1n) is 5.74. The van der Waals surface area contributed by atoms with Gasteiger partial charge in [-0.1, -0.05) is 6.07 Å². The molecule has 1 heterocycles. The molecule has 0 radical (unpaired) electrons. The lowest BCUT2D eigenvalue weighted by atomic mass is 9.85. The van der Waals surface area contributed by atoms with Gasteiger partial charge in [-0.05, 0) is 12.1 Å². The number of methoxy groups -OCH3 is 2. The van der Waals surface area contributed by atoms with Gasteiger partial charge in [-0.25, -0.2) is 0 Å². The predicted octanol–water partition coefficient (Wildman–Crippen LogP) is 0.823. The molecule has 0 aliphatic carbocycles. The summed E-state index contributed by atoms with van der Waals surface area (Å²) < 4.78 is 14.7. The van der Waals surface area contributed by atoms with Gasteiger partial charge >= 0.3 is 5.97 Å². The van der Waals surface area contributed by atoms with Crippen molar-refractivity contribution in [2.75, 3.05) is 32.8 Å². The molecule has 2 rings (SSSR count). The van der Waals surface area contributed by atoms with E-state index in [1.165, 1.54) is 14.2 Å². The van der Waals surface area contributed by atoms with Crippen LogP contribution in [-0.4, -0.2) is 39.3 Å². The van der Waals surface area contributed by atoms with Crippen LogP contribution >= 0.6 is 0 Å². The first kappa shape index (κ1) is 13.4. The SMILES string of the molecule is COC(=O)C1(C(=O)Nc2cccc(OC)c2)COC1. The van der Waals surface area contributed by atoms with Gasteiger partial charge in [0.25, 0.3) is 0 Å². The summed E-state index contributed by atoms with van der Waals surface area (Å²) >= 11 is 0. The molecule has 0 saturated carbocycles. The van der Waals surface area contributed by atoms with E-state index in [1.54, 1.807) is 24.3 Å². The molecule has 1 aromatic rings.